The Morgan fingerprint density at radius 3 is 2.80 bits per heavy atom. The average Bonchev–Trinajstić information content (AvgIpc) is 2.46. The summed E-state index contributed by atoms with van der Waals surface area (Å²) in [5, 5.41) is 20.3. The highest BCUT2D eigenvalue weighted by molar-refractivity contribution is 5.86. The largest absolute Gasteiger partial charge is 0.507 e. The lowest BCUT2D eigenvalue weighted by Crippen LogP contribution is -1.90. The van der Waals surface area contributed by atoms with Gasteiger partial charge in [-0.3, -0.25) is 15.1 Å². The Morgan fingerprint density at radius 2 is 2.10 bits per heavy atom. The molecule has 6 nitrogen and oxygen atoms in total. The van der Waals surface area contributed by atoms with Gasteiger partial charge in [0.25, 0.3) is 5.69 Å². The van der Waals surface area contributed by atoms with Crippen LogP contribution in [0.1, 0.15) is 5.56 Å². The van der Waals surface area contributed by atoms with E-state index in [1.807, 2.05) is 0 Å². The Balaban J connectivity index is 2.30. The van der Waals surface area contributed by atoms with Crippen molar-refractivity contribution < 1.29 is 14.8 Å². The van der Waals surface area contributed by atoms with E-state index in [2.05, 4.69) is 4.99 Å². The van der Waals surface area contributed by atoms with E-state index in [1.165, 1.54) is 24.4 Å². The molecule has 0 heterocycles. The van der Waals surface area contributed by atoms with Gasteiger partial charge in [-0.25, -0.2) is 0 Å². The van der Waals surface area contributed by atoms with Crippen LogP contribution >= 0.6 is 0 Å². The molecule has 0 saturated carbocycles. The van der Waals surface area contributed by atoms with E-state index in [0.29, 0.717) is 11.4 Å². The topological polar surface area (TPSA) is 85.0 Å². The lowest BCUT2D eigenvalue weighted by Gasteiger charge is -2.01. The molecule has 0 aromatic heterocycles. The number of ether oxygens (including phenoxy) is 1. The first kappa shape index (κ1) is 13.5. The van der Waals surface area contributed by atoms with Crippen molar-refractivity contribution in [1.82, 2.24) is 0 Å². The van der Waals surface area contributed by atoms with E-state index < -0.39 is 4.92 Å². The number of benzene rings is 2. The Bertz CT molecular complexity index is 668. The van der Waals surface area contributed by atoms with Crippen LogP contribution in [0.15, 0.2) is 47.5 Å². The summed E-state index contributed by atoms with van der Waals surface area (Å²) in [6.07, 6.45) is 1.37. The fourth-order valence-electron chi connectivity index (χ4n) is 1.59. The van der Waals surface area contributed by atoms with E-state index in [4.69, 9.17) is 4.74 Å². The van der Waals surface area contributed by atoms with Gasteiger partial charge in [0.05, 0.1) is 17.7 Å². The number of phenolic OH excluding ortho intramolecular Hbond substituents is 1. The van der Waals surface area contributed by atoms with Gasteiger partial charge in [-0.2, -0.15) is 0 Å². The Labute approximate surface area is 115 Å². The van der Waals surface area contributed by atoms with Gasteiger partial charge in [-0.15, -0.1) is 0 Å². The average molecular weight is 272 g/mol. The molecule has 0 aliphatic heterocycles. The molecule has 0 amide bonds. The van der Waals surface area contributed by atoms with Crippen LogP contribution in [-0.4, -0.2) is 23.4 Å². The minimum Gasteiger partial charge on any atom is -0.507 e. The number of aliphatic imine (C=N–C) groups is 1. The predicted octanol–water partition coefficient (Wildman–Crippen LogP) is 3.06. The fraction of sp³-hybridized carbons (Fsp3) is 0.0714. The van der Waals surface area contributed by atoms with E-state index in [9.17, 15) is 15.2 Å². The van der Waals surface area contributed by atoms with Gasteiger partial charge in [-0.05, 0) is 18.2 Å². The molecule has 6 heteroatoms. The number of hydrogen-bond acceptors (Lipinski definition) is 5. The number of nitrogens with zero attached hydrogens (tertiary/aromatic N) is 2. The lowest BCUT2D eigenvalue weighted by molar-refractivity contribution is -0.384. The Morgan fingerprint density at radius 1 is 1.30 bits per heavy atom. The first-order chi connectivity index (χ1) is 9.60. The molecule has 0 fully saturated rings. The monoisotopic (exact) mass is 272 g/mol. The van der Waals surface area contributed by atoms with Crippen molar-refractivity contribution in [3.63, 3.8) is 0 Å². The second kappa shape index (κ2) is 5.83. The number of phenols is 1. The molecule has 0 unspecified atom stereocenters. The summed E-state index contributed by atoms with van der Waals surface area (Å²) in [4.78, 5) is 14.3. The van der Waals surface area contributed by atoms with Crippen LogP contribution in [0.4, 0.5) is 11.4 Å². The summed E-state index contributed by atoms with van der Waals surface area (Å²) < 4.78 is 5.07. The van der Waals surface area contributed by atoms with E-state index in [0.717, 1.165) is 0 Å². The molecule has 1 N–H and O–H groups in total. The molecule has 0 aliphatic carbocycles. The number of non-ortho nitro benzene ring substituents is 1. The van der Waals surface area contributed by atoms with Crippen molar-refractivity contribution in [2.75, 3.05) is 7.11 Å². The third kappa shape index (κ3) is 3.11. The van der Waals surface area contributed by atoms with Crippen LogP contribution < -0.4 is 4.74 Å². The summed E-state index contributed by atoms with van der Waals surface area (Å²) in [5.74, 6) is 0.588. The van der Waals surface area contributed by atoms with Crippen LogP contribution in [0.5, 0.6) is 11.5 Å². The SMILES string of the molecule is COc1cccc(/N=C/c2cc([N+](=O)[O-])ccc2O)c1. The molecule has 2 aromatic rings. The summed E-state index contributed by atoms with van der Waals surface area (Å²) in [5.41, 5.74) is 0.798. The molecule has 0 spiro atoms. The van der Waals surface area contributed by atoms with Crippen LogP contribution in [0, 0.1) is 10.1 Å². The Kier molecular flexibility index (Phi) is 3.95. The molecule has 20 heavy (non-hydrogen) atoms. The normalized spacial score (nSPS) is 10.7. The van der Waals surface area contributed by atoms with Gasteiger partial charge in [0.2, 0.25) is 0 Å². The summed E-state index contributed by atoms with van der Waals surface area (Å²) >= 11 is 0. The third-order valence-electron chi connectivity index (χ3n) is 2.63. The smallest absolute Gasteiger partial charge is 0.270 e. The second-order valence-electron chi connectivity index (χ2n) is 3.96. The van der Waals surface area contributed by atoms with Crippen molar-refractivity contribution in [3.8, 4) is 11.5 Å². The zero-order chi connectivity index (χ0) is 14.5. The molecule has 0 bridgehead atoms. The van der Waals surface area contributed by atoms with E-state index >= 15 is 0 Å². The quantitative estimate of drug-likeness (QED) is 0.526. The molecule has 102 valence electrons. The zero-order valence-electron chi connectivity index (χ0n) is 10.7. The molecule has 0 saturated heterocycles. The molecule has 2 aromatic carbocycles. The van der Waals surface area contributed by atoms with E-state index in [-0.39, 0.29) is 17.0 Å². The minimum absolute atomic E-state index is 0.0674. The standard InChI is InChI=1S/C14H12N2O4/c1-20-13-4-2-3-11(8-13)15-9-10-7-12(16(18)19)5-6-14(10)17/h2-9,17H,1H3/b15-9+. The van der Waals surface area contributed by atoms with Crippen molar-refractivity contribution in [2.24, 2.45) is 4.99 Å². The number of hydrogen-bond donors (Lipinski definition) is 1. The van der Waals surface area contributed by atoms with Gasteiger partial charge < -0.3 is 9.84 Å². The summed E-state index contributed by atoms with van der Waals surface area (Å²) in [6, 6.07) is 10.8. The third-order valence-corrected chi connectivity index (χ3v) is 2.63. The van der Waals surface area contributed by atoms with Crippen molar-refractivity contribution in [2.45, 2.75) is 0 Å². The number of nitro benzene ring substituents is 1. The number of rotatable bonds is 4. The molecule has 2 rings (SSSR count). The van der Waals surface area contributed by atoms with E-state index in [1.54, 1.807) is 31.4 Å². The maximum absolute atomic E-state index is 10.7. The maximum Gasteiger partial charge on any atom is 0.270 e. The highest BCUT2D eigenvalue weighted by Gasteiger charge is 2.08. The highest BCUT2D eigenvalue weighted by Crippen LogP contribution is 2.23. The molecule has 0 radical (unpaired) electrons. The second-order valence-corrected chi connectivity index (χ2v) is 3.96. The van der Waals surface area contributed by atoms with Gasteiger partial charge >= 0.3 is 0 Å². The Hall–Kier alpha value is -2.89. The van der Waals surface area contributed by atoms with Crippen molar-refractivity contribution in [1.29, 1.82) is 0 Å². The highest BCUT2D eigenvalue weighted by atomic mass is 16.6. The van der Waals surface area contributed by atoms with Gasteiger partial charge in [0.1, 0.15) is 11.5 Å². The molecule has 0 atom stereocenters. The number of methoxy groups -OCH3 is 1. The molecular formula is C14H12N2O4. The first-order valence-electron chi connectivity index (χ1n) is 5.75. The lowest BCUT2D eigenvalue weighted by atomic mass is 10.2. The van der Waals surface area contributed by atoms with Crippen molar-refractivity contribution in [3.05, 3.63) is 58.1 Å². The fourth-order valence-corrected chi connectivity index (χ4v) is 1.59. The molecular weight excluding hydrogens is 260 g/mol. The summed E-state index contributed by atoms with van der Waals surface area (Å²) in [6.45, 7) is 0. The van der Waals surface area contributed by atoms with Crippen LogP contribution in [-0.2, 0) is 0 Å². The maximum atomic E-state index is 10.7. The van der Waals surface area contributed by atoms with Gasteiger partial charge in [0.15, 0.2) is 0 Å². The first-order valence-corrected chi connectivity index (χ1v) is 5.75. The van der Waals surface area contributed by atoms with Gasteiger partial charge in [-0.1, -0.05) is 6.07 Å². The number of aromatic hydroxyl groups is 1. The zero-order valence-corrected chi connectivity index (χ0v) is 10.7. The minimum atomic E-state index is -0.525. The van der Waals surface area contributed by atoms with Gasteiger partial charge in [0, 0.05) is 30.0 Å². The van der Waals surface area contributed by atoms with Crippen LogP contribution in [0.25, 0.3) is 0 Å². The molecule has 0 aliphatic rings. The van der Waals surface area contributed by atoms with Crippen LogP contribution in [0.3, 0.4) is 0 Å². The predicted molar refractivity (Wildman–Crippen MR) is 75.0 cm³/mol. The van der Waals surface area contributed by atoms with Crippen molar-refractivity contribution >= 4 is 17.6 Å². The summed E-state index contributed by atoms with van der Waals surface area (Å²) in [7, 11) is 1.55. The van der Waals surface area contributed by atoms with Crippen LogP contribution in [0.2, 0.25) is 0 Å². The number of nitro groups is 1.